The van der Waals surface area contributed by atoms with Crippen LogP contribution in [0.15, 0.2) is 48.5 Å². The van der Waals surface area contributed by atoms with Crippen LogP contribution in [0.5, 0.6) is 0 Å². The first-order valence-corrected chi connectivity index (χ1v) is 7.30. The van der Waals surface area contributed by atoms with Crippen LogP contribution >= 0.6 is 11.6 Å². The SMILES string of the molecule is Nc1cc(Cl)cc(C(=O)OCCCCc2ccccc2)c1. The van der Waals surface area contributed by atoms with Gasteiger partial charge in [-0.2, -0.15) is 0 Å². The first-order chi connectivity index (χ1) is 10.1. The number of halogens is 1. The minimum atomic E-state index is -0.385. The minimum absolute atomic E-state index is 0.385. The topological polar surface area (TPSA) is 52.3 Å². The highest BCUT2D eigenvalue weighted by Gasteiger charge is 2.08. The maximum absolute atomic E-state index is 11.8. The second-order valence-electron chi connectivity index (χ2n) is 4.85. The molecule has 0 aliphatic carbocycles. The predicted molar refractivity (Wildman–Crippen MR) is 85.5 cm³/mol. The maximum Gasteiger partial charge on any atom is 0.338 e. The number of benzene rings is 2. The number of ether oxygens (including phenoxy) is 1. The van der Waals surface area contributed by atoms with E-state index in [1.807, 2.05) is 18.2 Å². The van der Waals surface area contributed by atoms with Crippen molar-refractivity contribution >= 4 is 23.3 Å². The molecule has 0 aromatic heterocycles. The van der Waals surface area contributed by atoms with Gasteiger partial charge in [0.1, 0.15) is 0 Å². The average Bonchev–Trinajstić information content (AvgIpc) is 2.47. The number of esters is 1. The van der Waals surface area contributed by atoms with Crippen molar-refractivity contribution in [3.63, 3.8) is 0 Å². The molecule has 3 nitrogen and oxygen atoms in total. The highest BCUT2D eigenvalue weighted by molar-refractivity contribution is 6.31. The average molecular weight is 304 g/mol. The van der Waals surface area contributed by atoms with Crippen LogP contribution < -0.4 is 5.73 Å². The number of anilines is 1. The van der Waals surface area contributed by atoms with Gasteiger partial charge in [-0.15, -0.1) is 0 Å². The summed E-state index contributed by atoms with van der Waals surface area (Å²) in [6.45, 7) is 0.401. The van der Waals surface area contributed by atoms with Gasteiger partial charge in [-0.25, -0.2) is 4.79 Å². The van der Waals surface area contributed by atoms with Crippen molar-refractivity contribution in [2.24, 2.45) is 0 Å². The highest BCUT2D eigenvalue weighted by Crippen LogP contribution is 2.17. The molecule has 0 saturated heterocycles. The molecule has 0 atom stereocenters. The molecule has 0 aliphatic heterocycles. The third-order valence-electron chi connectivity index (χ3n) is 3.09. The van der Waals surface area contributed by atoms with Crippen LogP contribution in [0.25, 0.3) is 0 Å². The van der Waals surface area contributed by atoms with Gasteiger partial charge in [-0.3, -0.25) is 0 Å². The van der Waals surface area contributed by atoms with Gasteiger partial charge in [0.05, 0.1) is 12.2 Å². The van der Waals surface area contributed by atoms with Crippen LogP contribution in [0.3, 0.4) is 0 Å². The molecule has 4 heteroatoms. The fraction of sp³-hybridized carbons (Fsp3) is 0.235. The molecule has 0 bridgehead atoms. The Morgan fingerprint density at radius 3 is 2.57 bits per heavy atom. The number of nitrogen functional groups attached to an aromatic ring is 1. The Labute approximate surface area is 129 Å². The van der Waals surface area contributed by atoms with Crippen molar-refractivity contribution in [3.8, 4) is 0 Å². The predicted octanol–water partition coefficient (Wildman–Crippen LogP) is 4.10. The number of nitrogens with two attached hydrogens (primary N) is 1. The zero-order chi connectivity index (χ0) is 15.1. The largest absolute Gasteiger partial charge is 0.462 e. The quantitative estimate of drug-likeness (QED) is 0.496. The summed E-state index contributed by atoms with van der Waals surface area (Å²) in [6, 6.07) is 15.0. The van der Waals surface area contributed by atoms with Crippen LogP contribution in [-0.4, -0.2) is 12.6 Å². The summed E-state index contributed by atoms with van der Waals surface area (Å²) >= 11 is 5.86. The van der Waals surface area contributed by atoms with Crippen LogP contribution in [0.2, 0.25) is 5.02 Å². The molecule has 0 saturated carbocycles. The van der Waals surface area contributed by atoms with Gasteiger partial charge in [0.15, 0.2) is 0 Å². The van der Waals surface area contributed by atoms with E-state index in [9.17, 15) is 4.79 Å². The Morgan fingerprint density at radius 1 is 1.10 bits per heavy atom. The van der Waals surface area contributed by atoms with Gasteiger partial charge in [0.25, 0.3) is 0 Å². The Hall–Kier alpha value is -2.00. The van der Waals surface area contributed by atoms with Gasteiger partial charge in [-0.05, 0) is 43.0 Å². The molecular weight excluding hydrogens is 286 g/mol. The fourth-order valence-corrected chi connectivity index (χ4v) is 2.30. The summed E-state index contributed by atoms with van der Waals surface area (Å²) in [6.07, 6.45) is 2.80. The molecule has 2 aromatic carbocycles. The molecule has 21 heavy (non-hydrogen) atoms. The molecule has 0 aliphatic rings. The minimum Gasteiger partial charge on any atom is -0.462 e. The molecule has 2 aromatic rings. The lowest BCUT2D eigenvalue weighted by molar-refractivity contribution is 0.0498. The van der Waals surface area contributed by atoms with E-state index >= 15 is 0 Å². The van der Waals surface area contributed by atoms with Crippen molar-refractivity contribution in [2.45, 2.75) is 19.3 Å². The van der Waals surface area contributed by atoms with E-state index in [1.54, 1.807) is 18.2 Å². The van der Waals surface area contributed by atoms with E-state index in [2.05, 4.69) is 12.1 Å². The summed E-state index contributed by atoms with van der Waals surface area (Å²) in [5.74, 6) is -0.385. The van der Waals surface area contributed by atoms with Crippen LogP contribution in [0.1, 0.15) is 28.8 Å². The molecule has 0 fully saturated rings. The molecule has 2 N–H and O–H groups in total. The lowest BCUT2D eigenvalue weighted by Crippen LogP contribution is -2.07. The van der Waals surface area contributed by atoms with Crippen molar-refractivity contribution < 1.29 is 9.53 Å². The maximum atomic E-state index is 11.8. The van der Waals surface area contributed by atoms with Crippen LogP contribution in [0, 0.1) is 0 Å². The highest BCUT2D eigenvalue weighted by atomic mass is 35.5. The van der Waals surface area contributed by atoms with E-state index in [0.29, 0.717) is 22.9 Å². The van der Waals surface area contributed by atoms with Crippen molar-refractivity contribution in [1.82, 2.24) is 0 Å². The number of aryl methyl sites for hydroxylation is 1. The van der Waals surface area contributed by atoms with Gasteiger partial charge in [0, 0.05) is 10.7 Å². The van der Waals surface area contributed by atoms with E-state index in [1.165, 1.54) is 5.56 Å². The fourth-order valence-electron chi connectivity index (χ4n) is 2.05. The van der Waals surface area contributed by atoms with Crippen molar-refractivity contribution in [3.05, 3.63) is 64.7 Å². The zero-order valence-corrected chi connectivity index (χ0v) is 12.5. The number of carbonyl (C=O) groups is 1. The Kier molecular flexibility index (Phi) is 5.64. The number of hydrogen-bond donors (Lipinski definition) is 1. The van der Waals surface area contributed by atoms with Crippen LogP contribution in [0.4, 0.5) is 5.69 Å². The molecule has 0 radical (unpaired) electrons. The number of unbranched alkanes of at least 4 members (excludes halogenated alkanes) is 1. The van der Waals surface area contributed by atoms with Crippen molar-refractivity contribution in [2.75, 3.05) is 12.3 Å². The third-order valence-corrected chi connectivity index (χ3v) is 3.31. The number of hydrogen-bond acceptors (Lipinski definition) is 3. The third kappa shape index (κ3) is 5.12. The second-order valence-corrected chi connectivity index (χ2v) is 5.29. The monoisotopic (exact) mass is 303 g/mol. The molecule has 0 spiro atoms. The molecule has 0 amide bonds. The molecular formula is C17H18ClNO2. The van der Waals surface area contributed by atoms with Crippen molar-refractivity contribution in [1.29, 1.82) is 0 Å². The van der Waals surface area contributed by atoms with E-state index in [4.69, 9.17) is 22.1 Å². The van der Waals surface area contributed by atoms with Crippen LogP contribution in [-0.2, 0) is 11.2 Å². The van der Waals surface area contributed by atoms with E-state index in [-0.39, 0.29) is 5.97 Å². The summed E-state index contributed by atoms with van der Waals surface area (Å²) in [4.78, 5) is 11.8. The lowest BCUT2D eigenvalue weighted by atomic mass is 10.1. The summed E-state index contributed by atoms with van der Waals surface area (Å²) in [5.41, 5.74) is 7.79. The Balaban J connectivity index is 1.72. The van der Waals surface area contributed by atoms with Gasteiger partial charge >= 0.3 is 5.97 Å². The molecule has 0 heterocycles. The van der Waals surface area contributed by atoms with Gasteiger partial charge < -0.3 is 10.5 Å². The summed E-state index contributed by atoms with van der Waals surface area (Å²) < 4.78 is 5.22. The standard InChI is InChI=1S/C17H18ClNO2/c18-15-10-14(11-16(19)12-15)17(20)21-9-5-4-8-13-6-2-1-3-7-13/h1-3,6-7,10-12H,4-5,8-9,19H2. The normalized spacial score (nSPS) is 10.3. The molecule has 110 valence electrons. The first-order valence-electron chi connectivity index (χ1n) is 6.92. The Morgan fingerprint density at radius 2 is 1.86 bits per heavy atom. The summed E-state index contributed by atoms with van der Waals surface area (Å²) in [7, 11) is 0. The van der Waals surface area contributed by atoms with Gasteiger partial charge in [-0.1, -0.05) is 41.9 Å². The smallest absolute Gasteiger partial charge is 0.338 e. The van der Waals surface area contributed by atoms with E-state index in [0.717, 1.165) is 19.3 Å². The van der Waals surface area contributed by atoms with Gasteiger partial charge in [0.2, 0.25) is 0 Å². The number of carbonyl (C=O) groups excluding carboxylic acids is 1. The van der Waals surface area contributed by atoms with E-state index < -0.39 is 0 Å². The lowest BCUT2D eigenvalue weighted by Gasteiger charge is -2.06. The zero-order valence-electron chi connectivity index (χ0n) is 11.7. The molecule has 0 unspecified atom stereocenters. The summed E-state index contributed by atoms with van der Waals surface area (Å²) in [5, 5.41) is 0.436. The Bertz CT molecular complexity index is 579. The first kappa shape index (κ1) is 15.4. The second kappa shape index (κ2) is 7.70. The molecule has 2 rings (SSSR count). The number of rotatable bonds is 6.